The van der Waals surface area contributed by atoms with E-state index < -0.39 is 48.2 Å². The second-order valence-corrected chi connectivity index (χ2v) is 7.14. The van der Waals surface area contributed by atoms with Crippen LogP contribution in [0.25, 0.3) is 0 Å². The number of aliphatic carboxylic acids is 1. The number of hydrogen-bond donors (Lipinski definition) is 5. The summed E-state index contributed by atoms with van der Waals surface area (Å²) in [5.41, 5.74) is 5.01. The lowest BCUT2D eigenvalue weighted by atomic mass is 10.1. The first-order valence-electron chi connectivity index (χ1n) is 9.36. The Bertz CT molecular complexity index is 648. The van der Waals surface area contributed by atoms with Gasteiger partial charge in [-0.3, -0.25) is 19.2 Å². The highest BCUT2D eigenvalue weighted by Gasteiger charge is 2.38. The average Bonchev–Trinajstić information content (AvgIpc) is 3.31. The van der Waals surface area contributed by atoms with Crippen LogP contribution >= 0.6 is 0 Å². The minimum absolute atomic E-state index is 0.258. The highest BCUT2D eigenvalue weighted by Crippen LogP contribution is 2.19. The summed E-state index contributed by atoms with van der Waals surface area (Å²) in [4.78, 5) is 60.9. The van der Waals surface area contributed by atoms with Crippen LogP contribution in [0.5, 0.6) is 0 Å². The van der Waals surface area contributed by atoms with E-state index in [9.17, 15) is 24.0 Å². The molecule has 11 nitrogen and oxygen atoms in total. The summed E-state index contributed by atoms with van der Waals surface area (Å²) in [6, 6.07) is -3.44. The van der Waals surface area contributed by atoms with Crippen LogP contribution in [0.2, 0.25) is 0 Å². The van der Waals surface area contributed by atoms with Gasteiger partial charge in [-0.05, 0) is 39.2 Å². The van der Waals surface area contributed by atoms with E-state index in [2.05, 4.69) is 16.0 Å². The second-order valence-electron chi connectivity index (χ2n) is 7.14. The van der Waals surface area contributed by atoms with Crippen molar-refractivity contribution in [3.63, 3.8) is 0 Å². The van der Waals surface area contributed by atoms with Crippen LogP contribution in [0.1, 0.15) is 39.0 Å². The monoisotopic (exact) mass is 397 g/mol. The van der Waals surface area contributed by atoms with E-state index in [0.717, 1.165) is 13.0 Å². The summed E-state index contributed by atoms with van der Waals surface area (Å²) < 4.78 is 0. The van der Waals surface area contributed by atoms with Crippen LogP contribution in [0.3, 0.4) is 0 Å². The zero-order valence-corrected chi connectivity index (χ0v) is 15.8. The van der Waals surface area contributed by atoms with E-state index in [1.165, 1.54) is 4.90 Å². The van der Waals surface area contributed by atoms with Crippen molar-refractivity contribution in [2.24, 2.45) is 5.73 Å². The molecule has 0 bridgehead atoms. The fraction of sp³-hybridized carbons (Fsp3) is 0.706. The number of primary amides is 1. The molecule has 0 radical (unpaired) electrons. The minimum atomic E-state index is -1.45. The molecule has 0 aromatic carbocycles. The lowest BCUT2D eigenvalue weighted by Gasteiger charge is -2.28. The van der Waals surface area contributed by atoms with Crippen LogP contribution in [0.4, 0.5) is 0 Å². The van der Waals surface area contributed by atoms with Crippen molar-refractivity contribution < 1.29 is 29.1 Å². The van der Waals surface area contributed by atoms with Crippen molar-refractivity contribution >= 4 is 29.6 Å². The molecule has 156 valence electrons. The van der Waals surface area contributed by atoms with Gasteiger partial charge in [0, 0.05) is 6.54 Å². The van der Waals surface area contributed by atoms with Crippen molar-refractivity contribution in [1.82, 2.24) is 20.9 Å². The quantitative estimate of drug-likeness (QED) is 0.306. The molecule has 4 atom stereocenters. The van der Waals surface area contributed by atoms with E-state index in [-0.39, 0.29) is 11.9 Å². The summed E-state index contributed by atoms with van der Waals surface area (Å²) in [7, 11) is 0. The number of nitrogens with zero attached hydrogens (tertiary/aromatic N) is 1. The number of hydrogen-bond acceptors (Lipinski definition) is 6. The Kier molecular flexibility index (Phi) is 7.32. The van der Waals surface area contributed by atoms with E-state index in [0.29, 0.717) is 25.8 Å². The number of carboxylic acids is 1. The Morgan fingerprint density at radius 2 is 1.86 bits per heavy atom. The summed E-state index contributed by atoms with van der Waals surface area (Å²) in [5, 5.41) is 17.1. The highest BCUT2D eigenvalue weighted by atomic mass is 16.4. The van der Waals surface area contributed by atoms with Gasteiger partial charge in [0.2, 0.25) is 23.6 Å². The highest BCUT2D eigenvalue weighted by molar-refractivity contribution is 5.95. The third-order valence-electron chi connectivity index (χ3n) is 4.96. The number of nitrogens with one attached hydrogen (secondary N) is 3. The molecule has 0 aromatic rings. The van der Waals surface area contributed by atoms with Gasteiger partial charge in [0.25, 0.3) is 0 Å². The van der Waals surface area contributed by atoms with Gasteiger partial charge in [-0.15, -0.1) is 0 Å². The molecule has 0 saturated carbocycles. The molecule has 2 rings (SSSR count). The maximum Gasteiger partial charge on any atom is 0.326 e. The molecular weight excluding hydrogens is 370 g/mol. The van der Waals surface area contributed by atoms with Crippen molar-refractivity contribution in [2.45, 2.75) is 63.2 Å². The van der Waals surface area contributed by atoms with Gasteiger partial charge in [0.15, 0.2) is 0 Å². The molecule has 6 N–H and O–H groups in total. The van der Waals surface area contributed by atoms with Gasteiger partial charge in [0.05, 0.1) is 12.5 Å². The van der Waals surface area contributed by atoms with Gasteiger partial charge < -0.3 is 31.7 Å². The van der Waals surface area contributed by atoms with E-state index in [1.807, 2.05) is 0 Å². The van der Waals surface area contributed by atoms with E-state index in [4.69, 9.17) is 10.8 Å². The first kappa shape index (κ1) is 21.6. The number of carboxylic acid groups (broad SMARTS) is 1. The molecule has 2 heterocycles. The maximum atomic E-state index is 12.7. The minimum Gasteiger partial charge on any atom is -0.480 e. The first-order chi connectivity index (χ1) is 13.2. The van der Waals surface area contributed by atoms with Crippen LogP contribution in [-0.2, 0) is 24.0 Å². The number of rotatable bonds is 8. The second kappa shape index (κ2) is 9.49. The molecule has 2 fully saturated rings. The number of carbonyl (C=O) groups is 5. The van der Waals surface area contributed by atoms with Crippen molar-refractivity contribution in [2.75, 3.05) is 13.1 Å². The molecule has 0 aliphatic carbocycles. The Morgan fingerprint density at radius 3 is 2.43 bits per heavy atom. The van der Waals surface area contributed by atoms with Gasteiger partial charge in [-0.2, -0.15) is 0 Å². The number of nitrogens with two attached hydrogens (primary N) is 1. The normalized spacial score (nSPS) is 23.7. The van der Waals surface area contributed by atoms with Crippen molar-refractivity contribution in [3.8, 4) is 0 Å². The van der Waals surface area contributed by atoms with Crippen LogP contribution in [0, 0.1) is 0 Å². The SMILES string of the molecule is CC(NC(=O)C1CCCN1)C(=O)N1CCCC1C(=O)NC(CC(N)=O)C(=O)O. The molecule has 2 saturated heterocycles. The predicted molar refractivity (Wildman–Crippen MR) is 96.7 cm³/mol. The van der Waals surface area contributed by atoms with Gasteiger partial charge >= 0.3 is 5.97 Å². The number of likely N-dealkylation sites (tertiary alicyclic amines) is 1. The summed E-state index contributed by atoms with van der Waals surface area (Å²) >= 11 is 0. The van der Waals surface area contributed by atoms with Crippen molar-refractivity contribution in [1.29, 1.82) is 0 Å². The van der Waals surface area contributed by atoms with E-state index >= 15 is 0 Å². The molecule has 2 aliphatic rings. The van der Waals surface area contributed by atoms with Crippen LogP contribution in [0.15, 0.2) is 0 Å². The lowest BCUT2D eigenvalue weighted by molar-refractivity contribution is -0.145. The Balaban J connectivity index is 1.96. The molecule has 11 heteroatoms. The molecule has 28 heavy (non-hydrogen) atoms. The summed E-state index contributed by atoms with van der Waals surface area (Å²) in [6.45, 7) is 2.63. The topological polar surface area (TPSA) is 171 Å². The third-order valence-corrected chi connectivity index (χ3v) is 4.96. The molecular formula is C17H27N5O6. The lowest BCUT2D eigenvalue weighted by Crippen LogP contribution is -2.56. The van der Waals surface area contributed by atoms with Gasteiger partial charge in [-0.1, -0.05) is 0 Å². The number of carbonyl (C=O) groups excluding carboxylic acids is 4. The average molecular weight is 397 g/mol. The Labute approximate surface area is 162 Å². The van der Waals surface area contributed by atoms with E-state index in [1.54, 1.807) is 6.92 Å². The smallest absolute Gasteiger partial charge is 0.326 e. The molecule has 4 unspecified atom stereocenters. The maximum absolute atomic E-state index is 12.7. The molecule has 0 spiro atoms. The Hall–Kier alpha value is -2.69. The fourth-order valence-electron chi connectivity index (χ4n) is 3.51. The third kappa shape index (κ3) is 5.41. The largest absolute Gasteiger partial charge is 0.480 e. The molecule has 0 aromatic heterocycles. The fourth-order valence-corrected chi connectivity index (χ4v) is 3.51. The molecule has 2 aliphatic heterocycles. The zero-order chi connectivity index (χ0) is 20.8. The van der Waals surface area contributed by atoms with Gasteiger partial charge in [-0.25, -0.2) is 4.79 Å². The molecule has 4 amide bonds. The zero-order valence-electron chi connectivity index (χ0n) is 15.8. The predicted octanol–water partition coefficient (Wildman–Crippen LogP) is -2.32. The van der Waals surface area contributed by atoms with Crippen LogP contribution in [-0.4, -0.2) is 76.9 Å². The summed E-state index contributed by atoms with van der Waals surface area (Å²) in [5.74, 6) is -3.57. The van der Waals surface area contributed by atoms with Crippen LogP contribution < -0.4 is 21.7 Å². The van der Waals surface area contributed by atoms with Crippen molar-refractivity contribution in [3.05, 3.63) is 0 Å². The summed E-state index contributed by atoms with van der Waals surface area (Å²) in [6.07, 6.45) is 2.00. The first-order valence-corrected chi connectivity index (χ1v) is 9.36. The Morgan fingerprint density at radius 1 is 1.14 bits per heavy atom. The standard InChI is InChI=1S/C17H27N5O6/c1-9(20-14(24)10-4-2-6-19-10)16(26)22-7-3-5-12(22)15(25)21-11(17(27)28)8-13(18)23/h9-12,19H,2-8H2,1H3,(H2,18,23)(H,20,24)(H,21,25)(H,27,28). The number of amides is 4. The van der Waals surface area contributed by atoms with Gasteiger partial charge in [0.1, 0.15) is 18.1 Å².